The number of aromatic nitrogens is 2. The largest absolute Gasteiger partial charge is 0.383 e. The summed E-state index contributed by atoms with van der Waals surface area (Å²) in [5, 5.41) is 3.41. The van der Waals surface area contributed by atoms with Crippen LogP contribution in [0.5, 0.6) is 0 Å². The molecule has 1 atom stereocenters. The van der Waals surface area contributed by atoms with Gasteiger partial charge in [0.25, 0.3) is 0 Å². The van der Waals surface area contributed by atoms with Crippen molar-refractivity contribution in [3.63, 3.8) is 0 Å². The zero-order valence-electron chi connectivity index (χ0n) is 10.7. The van der Waals surface area contributed by atoms with Gasteiger partial charge >= 0.3 is 0 Å². The van der Waals surface area contributed by atoms with Gasteiger partial charge in [0.05, 0.1) is 24.7 Å². The van der Waals surface area contributed by atoms with Crippen LogP contribution in [0.3, 0.4) is 0 Å². The molecule has 4 nitrogen and oxygen atoms in total. The Morgan fingerprint density at radius 3 is 2.81 bits per heavy atom. The predicted molar refractivity (Wildman–Crippen MR) is 65.4 cm³/mol. The molecule has 1 heterocycles. The predicted octanol–water partition coefficient (Wildman–Crippen LogP) is 1.98. The molecule has 0 spiro atoms. The Morgan fingerprint density at radius 1 is 1.50 bits per heavy atom. The van der Waals surface area contributed by atoms with E-state index in [-0.39, 0.29) is 0 Å². The number of imidazole rings is 1. The highest BCUT2D eigenvalue weighted by Gasteiger charge is 2.12. The molecule has 0 fully saturated rings. The summed E-state index contributed by atoms with van der Waals surface area (Å²) in [6.45, 7) is 8.06. The smallest absolute Gasteiger partial charge is 0.0952 e. The van der Waals surface area contributed by atoms with E-state index in [2.05, 4.69) is 35.6 Å². The van der Waals surface area contributed by atoms with Gasteiger partial charge in [-0.15, -0.1) is 0 Å². The molecule has 1 N–H and O–H groups in total. The third kappa shape index (κ3) is 3.61. The molecular weight excluding hydrogens is 202 g/mol. The first-order valence-corrected chi connectivity index (χ1v) is 5.92. The molecule has 0 saturated heterocycles. The van der Waals surface area contributed by atoms with Crippen molar-refractivity contribution in [1.29, 1.82) is 0 Å². The van der Waals surface area contributed by atoms with Gasteiger partial charge in [-0.1, -0.05) is 20.8 Å². The molecule has 0 aliphatic heterocycles. The average Bonchev–Trinajstić information content (AvgIpc) is 2.71. The molecule has 1 unspecified atom stereocenters. The maximum absolute atomic E-state index is 5.23. The molecule has 0 bridgehead atoms. The fourth-order valence-corrected chi connectivity index (χ4v) is 1.69. The van der Waals surface area contributed by atoms with Crippen molar-refractivity contribution in [2.45, 2.75) is 45.8 Å². The fraction of sp³-hybridized carbons (Fsp3) is 0.750. The van der Waals surface area contributed by atoms with Crippen LogP contribution in [0.1, 0.15) is 38.9 Å². The van der Waals surface area contributed by atoms with E-state index in [1.807, 2.05) is 12.5 Å². The van der Waals surface area contributed by atoms with Crippen molar-refractivity contribution in [1.82, 2.24) is 14.9 Å². The summed E-state index contributed by atoms with van der Waals surface area (Å²) in [6.07, 6.45) is 4.87. The van der Waals surface area contributed by atoms with Crippen molar-refractivity contribution in [3.8, 4) is 0 Å². The van der Waals surface area contributed by atoms with Crippen LogP contribution in [-0.4, -0.2) is 29.3 Å². The quantitative estimate of drug-likeness (QED) is 0.771. The zero-order chi connectivity index (χ0) is 12.0. The molecule has 1 aromatic rings. The van der Waals surface area contributed by atoms with Crippen LogP contribution in [0.4, 0.5) is 0 Å². The Kier molecular flexibility index (Phi) is 5.49. The highest BCUT2D eigenvalue weighted by atomic mass is 16.5. The Hall–Kier alpha value is -0.870. The molecule has 0 aliphatic rings. The van der Waals surface area contributed by atoms with E-state index >= 15 is 0 Å². The Morgan fingerprint density at radius 2 is 2.25 bits per heavy atom. The first-order valence-electron chi connectivity index (χ1n) is 5.92. The fourth-order valence-electron chi connectivity index (χ4n) is 1.69. The van der Waals surface area contributed by atoms with Gasteiger partial charge < -0.3 is 14.6 Å². The maximum atomic E-state index is 5.23. The summed E-state index contributed by atoms with van der Waals surface area (Å²) in [5.41, 5.74) is 1.22. The van der Waals surface area contributed by atoms with E-state index in [9.17, 15) is 0 Å². The molecule has 92 valence electrons. The van der Waals surface area contributed by atoms with Gasteiger partial charge in [-0.05, 0) is 6.42 Å². The van der Waals surface area contributed by atoms with Gasteiger partial charge in [0.1, 0.15) is 0 Å². The minimum Gasteiger partial charge on any atom is -0.383 e. The number of methoxy groups -OCH3 is 1. The van der Waals surface area contributed by atoms with Gasteiger partial charge in [0.15, 0.2) is 0 Å². The lowest BCUT2D eigenvalue weighted by molar-refractivity contribution is 0.151. The molecule has 4 heteroatoms. The zero-order valence-corrected chi connectivity index (χ0v) is 10.7. The van der Waals surface area contributed by atoms with Crippen molar-refractivity contribution >= 4 is 0 Å². The van der Waals surface area contributed by atoms with Crippen molar-refractivity contribution in [2.75, 3.05) is 13.7 Å². The van der Waals surface area contributed by atoms with Crippen molar-refractivity contribution in [3.05, 3.63) is 18.2 Å². The van der Waals surface area contributed by atoms with E-state index in [1.165, 1.54) is 5.69 Å². The first-order chi connectivity index (χ1) is 7.69. The number of hydrogen-bond acceptors (Lipinski definition) is 3. The lowest BCUT2D eigenvalue weighted by Crippen LogP contribution is -2.25. The summed E-state index contributed by atoms with van der Waals surface area (Å²) in [4.78, 5) is 4.22. The number of nitrogens with zero attached hydrogens (tertiary/aromatic N) is 2. The van der Waals surface area contributed by atoms with Crippen LogP contribution in [0.25, 0.3) is 0 Å². The monoisotopic (exact) mass is 225 g/mol. The molecular formula is C12H23N3O. The van der Waals surface area contributed by atoms with Crippen molar-refractivity contribution < 1.29 is 4.74 Å². The summed E-state index contributed by atoms with van der Waals surface area (Å²) in [7, 11) is 1.74. The molecule has 0 amide bonds. The van der Waals surface area contributed by atoms with Gasteiger partial charge in [0.2, 0.25) is 0 Å². The minimum atomic E-state index is 0.386. The summed E-state index contributed by atoms with van der Waals surface area (Å²) < 4.78 is 7.44. The summed E-state index contributed by atoms with van der Waals surface area (Å²) in [6, 6.07) is 0.877. The van der Waals surface area contributed by atoms with Gasteiger partial charge in [-0.2, -0.15) is 0 Å². The Balaban J connectivity index is 2.67. The van der Waals surface area contributed by atoms with Crippen LogP contribution in [0.2, 0.25) is 0 Å². The standard InChI is InChI=1S/C12H23N3O/c1-5-11(8-16-4)15-9-13-6-12(15)7-14-10(2)3/h6,9-11,14H,5,7-8H2,1-4H3. The highest BCUT2D eigenvalue weighted by molar-refractivity contribution is 5.00. The lowest BCUT2D eigenvalue weighted by Gasteiger charge is -2.19. The van der Waals surface area contributed by atoms with E-state index in [0.29, 0.717) is 12.1 Å². The Labute approximate surface area is 98.0 Å². The number of hydrogen-bond donors (Lipinski definition) is 1. The normalized spacial score (nSPS) is 13.3. The van der Waals surface area contributed by atoms with Crippen LogP contribution >= 0.6 is 0 Å². The number of ether oxygens (including phenoxy) is 1. The van der Waals surface area contributed by atoms with Crippen LogP contribution in [-0.2, 0) is 11.3 Å². The van der Waals surface area contributed by atoms with Crippen LogP contribution in [0.15, 0.2) is 12.5 Å². The highest BCUT2D eigenvalue weighted by Crippen LogP contribution is 2.14. The van der Waals surface area contributed by atoms with Crippen LogP contribution in [0, 0.1) is 0 Å². The van der Waals surface area contributed by atoms with Gasteiger partial charge in [-0.3, -0.25) is 0 Å². The van der Waals surface area contributed by atoms with Gasteiger partial charge in [0, 0.05) is 25.9 Å². The van der Waals surface area contributed by atoms with E-state index in [0.717, 1.165) is 19.6 Å². The number of rotatable bonds is 7. The number of nitrogens with one attached hydrogen (secondary N) is 1. The Bertz CT molecular complexity index is 296. The molecule has 0 saturated carbocycles. The second-order valence-corrected chi connectivity index (χ2v) is 4.35. The molecule has 1 rings (SSSR count). The van der Waals surface area contributed by atoms with Gasteiger partial charge in [-0.25, -0.2) is 4.98 Å². The van der Waals surface area contributed by atoms with Crippen LogP contribution < -0.4 is 5.32 Å². The summed E-state index contributed by atoms with van der Waals surface area (Å²) in [5.74, 6) is 0. The second-order valence-electron chi connectivity index (χ2n) is 4.35. The summed E-state index contributed by atoms with van der Waals surface area (Å²) >= 11 is 0. The molecule has 0 radical (unpaired) electrons. The SMILES string of the molecule is CCC(COC)n1cncc1CNC(C)C. The molecule has 0 aliphatic carbocycles. The van der Waals surface area contributed by atoms with E-state index in [1.54, 1.807) is 7.11 Å². The van der Waals surface area contributed by atoms with Crippen molar-refractivity contribution in [2.24, 2.45) is 0 Å². The first kappa shape index (κ1) is 13.2. The lowest BCUT2D eigenvalue weighted by atomic mass is 10.2. The van der Waals surface area contributed by atoms with E-state index < -0.39 is 0 Å². The molecule has 1 aromatic heterocycles. The average molecular weight is 225 g/mol. The second kappa shape index (κ2) is 6.66. The minimum absolute atomic E-state index is 0.386. The van der Waals surface area contributed by atoms with E-state index in [4.69, 9.17) is 4.74 Å². The third-order valence-electron chi connectivity index (χ3n) is 2.66. The third-order valence-corrected chi connectivity index (χ3v) is 2.66. The molecule has 16 heavy (non-hydrogen) atoms. The maximum Gasteiger partial charge on any atom is 0.0952 e. The molecule has 0 aromatic carbocycles. The topological polar surface area (TPSA) is 39.1 Å².